The smallest absolute Gasteiger partial charge is 0.229 e. The van der Waals surface area contributed by atoms with E-state index in [2.05, 4.69) is 10.4 Å². The predicted molar refractivity (Wildman–Crippen MR) is 92.1 cm³/mol. The van der Waals surface area contributed by atoms with Crippen LogP contribution < -0.4 is 10.2 Å². The number of nitrogens with zero attached hydrogens (tertiary/aromatic N) is 3. The van der Waals surface area contributed by atoms with Gasteiger partial charge in [0.05, 0.1) is 31.0 Å². The Bertz CT molecular complexity index is 829. The molecule has 2 amide bonds. The Morgan fingerprint density at radius 3 is 3.04 bits per heavy atom. The third-order valence-electron chi connectivity index (χ3n) is 4.75. The van der Waals surface area contributed by atoms with Crippen LogP contribution in [0.4, 0.5) is 11.4 Å². The van der Waals surface area contributed by atoms with E-state index in [0.29, 0.717) is 19.8 Å². The molecule has 0 radical (unpaired) electrons. The van der Waals surface area contributed by atoms with Crippen LogP contribution in [0.25, 0.3) is 0 Å². The second-order valence-corrected chi connectivity index (χ2v) is 6.55. The average molecular weight is 340 g/mol. The van der Waals surface area contributed by atoms with Crippen LogP contribution in [-0.4, -0.2) is 34.7 Å². The van der Waals surface area contributed by atoms with Crippen molar-refractivity contribution in [2.45, 2.75) is 19.4 Å². The first-order chi connectivity index (χ1) is 12.1. The normalized spacial score (nSPS) is 19.8. The number of fused-ring (bicyclic) bond motifs is 1. The van der Waals surface area contributed by atoms with E-state index in [-0.39, 0.29) is 24.2 Å². The second-order valence-electron chi connectivity index (χ2n) is 6.55. The number of aromatic nitrogens is 2. The van der Waals surface area contributed by atoms with Crippen LogP contribution >= 0.6 is 0 Å². The Morgan fingerprint density at radius 2 is 2.24 bits per heavy atom. The Hall–Kier alpha value is -2.67. The van der Waals surface area contributed by atoms with Crippen LogP contribution in [0, 0.1) is 5.92 Å². The lowest BCUT2D eigenvalue weighted by atomic mass is 10.0. The molecule has 0 aliphatic carbocycles. The van der Waals surface area contributed by atoms with E-state index in [4.69, 9.17) is 4.74 Å². The molecule has 130 valence electrons. The lowest BCUT2D eigenvalue weighted by Crippen LogP contribution is -2.28. The van der Waals surface area contributed by atoms with E-state index in [9.17, 15) is 9.59 Å². The highest BCUT2D eigenvalue weighted by atomic mass is 16.5. The summed E-state index contributed by atoms with van der Waals surface area (Å²) in [6.07, 6.45) is 4.50. The molecule has 0 spiro atoms. The Morgan fingerprint density at radius 1 is 1.36 bits per heavy atom. The molecule has 3 heterocycles. The summed E-state index contributed by atoms with van der Waals surface area (Å²) in [4.78, 5) is 26.4. The minimum atomic E-state index is -0.355. The first kappa shape index (κ1) is 15.8. The lowest BCUT2D eigenvalue weighted by molar-refractivity contribution is -0.122. The number of carbonyl (C=O) groups excluding carboxylic acids is 2. The molecule has 1 unspecified atom stereocenters. The van der Waals surface area contributed by atoms with Crippen molar-refractivity contribution in [2.24, 2.45) is 13.0 Å². The van der Waals surface area contributed by atoms with E-state index in [1.54, 1.807) is 29.0 Å². The highest BCUT2D eigenvalue weighted by Gasteiger charge is 2.35. The molecule has 7 heteroatoms. The van der Waals surface area contributed by atoms with Crippen molar-refractivity contribution >= 4 is 23.2 Å². The van der Waals surface area contributed by atoms with Gasteiger partial charge in [-0.1, -0.05) is 6.07 Å². The van der Waals surface area contributed by atoms with Crippen LogP contribution in [0.1, 0.15) is 17.5 Å². The number of ether oxygens (including phenoxy) is 1. The molecule has 1 aromatic heterocycles. The number of rotatable bonds is 3. The quantitative estimate of drug-likeness (QED) is 0.918. The number of amides is 2. The zero-order valence-corrected chi connectivity index (χ0v) is 14.1. The molecule has 7 nitrogen and oxygen atoms in total. The van der Waals surface area contributed by atoms with Crippen molar-refractivity contribution in [1.29, 1.82) is 0 Å². The molecule has 1 atom stereocenters. The van der Waals surface area contributed by atoms with Crippen LogP contribution in [0.3, 0.4) is 0 Å². The third-order valence-corrected chi connectivity index (χ3v) is 4.75. The molecule has 1 fully saturated rings. The van der Waals surface area contributed by atoms with Gasteiger partial charge in [-0.25, -0.2) is 0 Å². The number of benzene rings is 1. The van der Waals surface area contributed by atoms with Crippen molar-refractivity contribution in [3.05, 3.63) is 41.7 Å². The summed E-state index contributed by atoms with van der Waals surface area (Å²) in [6.45, 7) is 1.72. The Labute approximate surface area is 145 Å². The molecule has 2 aliphatic rings. The zero-order chi connectivity index (χ0) is 17.4. The van der Waals surface area contributed by atoms with Crippen molar-refractivity contribution in [2.75, 3.05) is 23.4 Å². The first-order valence-corrected chi connectivity index (χ1v) is 8.39. The summed E-state index contributed by atoms with van der Waals surface area (Å²) in [6, 6.07) is 5.89. The van der Waals surface area contributed by atoms with E-state index < -0.39 is 0 Å². The van der Waals surface area contributed by atoms with Crippen molar-refractivity contribution in [3.8, 4) is 0 Å². The van der Waals surface area contributed by atoms with Gasteiger partial charge >= 0.3 is 0 Å². The monoisotopic (exact) mass is 340 g/mol. The number of aryl methyl sites for hydroxylation is 1. The van der Waals surface area contributed by atoms with Gasteiger partial charge in [-0.15, -0.1) is 0 Å². The largest absolute Gasteiger partial charge is 0.376 e. The van der Waals surface area contributed by atoms with Gasteiger partial charge in [-0.2, -0.15) is 5.10 Å². The van der Waals surface area contributed by atoms with Crippen LogP contribution in [0.5, 0.6) is 0 Å². The molecule has 1 aromatic carbocycles. The van der Waals surface area contributed by atoms with Gasteiger partial charge in [-0.05, 0) is 29.7 Å². The minimum absolute atomic E-state index is 0.0456. The molecule has 1 N–H and O–H groups in total. The van der Waals surface area contributed by atoms with Gasteiger partial charge in [0.25, 0.3) is 0 Å². The molecule has 0 bridgehead atoms. The van der Waals surface area contributed by atoms with Crippen LogP contribution in [0.2, 0.25) is 0 Å². The highest BCUT2D eigenvalue weighted by molar-refractivity contribution is 6.03. The fourth-order valence-corrected chi connectivity index (χ4v) is 3.37. The predicted octanol–water partition coefficient (Wildman–Crippen LogP) is 1.48. The van der Waals surface area contributed by atoms with Gasteiger partial charge in [0, 0.05) is 31.9 Å². The van der Waals surface area contributed by atoms with Gasteiger partial charge < -0.3 is 15.0 Å². The Balaban J connectivity index is 1.44. The summed E-state index contributed by atoms with van der Waals surface area (Å²) < 4.78 is 7.07. The molecular formula is C18H20N4O3. The van der Waals surface area contributed by atoms with Gasteiger partial charge in [0.1, 0.15) is 0 Å². The van der Waals surface area contributed by atoms with Gasteiger partial charge in [0.2, 0.25) is 11.8 Å². The Kier molecular flexibility index (Phi) is 4.01. The molecule has 4 rings (SSSR count). The second kappa shape index (κ2) is 6.33. The highest BCUT2D eigenvalue weighted by Crippen LogP contribution is 2.26. The van der Waals surface area contributed by atoms with Crippen molar-refractivity contribution in [3.63, 3.8) is 0 Å². The molecule has 2 aromatic rings. The average Bonchev–Trinajstić information content (AvgIpc) is 3.20. The molecule has 25 heavy (non-hydrogen) atoms. The number of hydrogen-bond donors (Lipinski definition) is 1. The van der Waals surface area contributed by atoms with Crippen molar-refractivity contribution < 1.29 is 14.3 Å². The van der Waals surface area contributed by atoms with Crippen LogP contribution in [0.15, 0.2) is 30.6 Å². The molecule has 1 saturated heterocycles. The van der Waals surface area contributed by atoms with E-state index in [1.165, 1.54) is 11.1 Å². The summed E-state index contributed by atoms with van der Waals surface area (Å²) in [5.41, 5.74) is 3.89. The number of hydrogen-bond acceptors (Lipinski definition) is 4. The van der Waals surface area contributed by atoms with Crippen LogP contribution in [-0.2, 0) is 34.4 Å². The molecule has 0 saturated carbocycles. The number of carbonyl (C=O) groups is 2. The SMILES string of the molecule is Cn1cc(N2CC(C(=O)Nc3ccc4c(c3)CCOC4)CC2=O)cn1. The summed E-state index contributed by atoms with van der Waals surface area (Å²) in [7, 11) is 1.80. The topological polar surface area (TPSA) is 76.5 Å². The van der Waals surface area contributed by atoms with E-state index in [1.807, 2.05) is 18.2 Å². The summed E-state index contributed by atoms with van der Waals surface area (Å²) in [5.74, 6) is -0.519. The number of anilines is 2. The van der Waals surface area contributed by atoms with E-state index in [0.717, 1.165) is 17.8 Å². The maximum absolute atomic E-state index is 12.6. The van der Waals surface area contributed by atoms with Crippen molar-refractivity contribution in [1.82, 2.24) is 9.78 Å². The van der Waals surface area contributed by atoms with Gasteiger partial charge in [0.15, 0.2) is 0 Å². The number of nitrogens with one attached hydrogen (secondary N) is 1. The maximum Gasteiger partial charge on any atom is 0.229 e. The molecular weight excluding hydrogens is 320 g/mol. The fraction of sp³-hybridized carbons (Fsp3) is 0.389. The van der Waals surface area contributed by atoms with E-state index >= 15 is 0 Å². The summed E-state index contributed by atoms with van der Waals surface area (Å²) in [5, 5.41) is 7.04. The standard InChI is InChI=1S/C18H20N4O3/c1-21-10-16(8-19-21)22-9-14(7-17(22)23)18(24)20-15-3-2-13-11-25-5-4-12(13)6-15/h2-3,6,8,10,14H,4-5,7,9,11H2,1H3,(H,20,24). The first-order valence-electron chi connectivity index (χ1n) is 8.39. The summed E-state index contributed by atoms with van der Waals surface area (Å²) >= 11 is 0. The fourth-order valence-electron chi connectivity index (χ4n) is 3.37. The minimum Gasteiger partial charge on any atom is -0.376 e. The van der Waals surface area contributed by atoms with Gasteiger partial charge in [-0.3, -0.25) is 14.3 Å². The zero-order valence-electron chi connectivity index (χ0n) is 14.1. The molecule has 2 aliphatic heterocycles. The maximum atomic E-state index is 12.6. The lowest BCUT2D eigenvalue weighted by Gasteiger charge is -2.18. The third kappa shape index (κ3) is 3.15.